The molecule has 192 valence electrons. The van der Waals surface area contributed by atoms with E-state index in [1.54, 1.807) is 32.9 Å². The van der Waals surface area contributed by atoms with E-state index in [0.29, 0.717) is 16.5 Å². The van der Waals surface area contributed by atoms with Gasteiger partial charge >= 0.3 is 18.2 Å². The van der Waals surface area contributed by atoms with Crippen molar-refractivity contribution in [2.45, 2.75) is 38.5 Å². The molecule has 0 amide bonds. The van der Waals surface area contributed by atoms with Crippen LogP contribution in [0.1, 0.15) is 37.8 Å². The molecule has 0 aliphatic rings. The van der Waals surface area contributed by atoms with Crippen LogP contribution >= 0.6 is 23.2 Å². The first kappa shape index (κ1) is 27.5. The number of rotatable bonds is 5. The van der Waals surface area contributed by atoms with Gasteiger partial charge in [-0.15, -0.1) is 0 Å². The normalized spacial score (nSPS) is 13.2. The van der Waals surface area contributed by atoms with Gasteiger partial charge in [-0.25, -0.2) is 14.0 Å². The number of nitrogens with zero attached hydrogens (tertiary/aromatic N) is 1. The molecule has 0 saturated heterocycles. The second kappa shape index (κ2) is 10.5. The average Bonchev–Trinajstić information content (AvgIpc) is 3.17. The Kier molecular flexibility index (Phi) is 8.05. The zero-order valence-corrected chi connectivity index (χ0v) is 20.8. The van der Waals surface area contributed by atoms with Crippen LogP contribution in [-0.4, -0.2) is 35.0 Å². The Labute approximate surface area is 214 Å². The predicted octanol–water partition coefficient (Wildman–Crippen LogP) is 7.77. The minimum absolute atomic E-state index is 0.310. The molecule has 0 spiro atoms. The summed E-state index contributed by atoms with van der Waals surface area (Å²) in [5, 5.41) is -0.481. The molecule has 5 nitrogen and oxygen atoms in total. The Morgan fingerprint density at radius 3 is 2.28 bits per heavy atom. The van der Waals surface area contributed by atoms with Crippen LogP contribution < -0.4 is 0 Å². The first-order chi connectivity index (χ1) is 16.7. The van der Waals surface area contributed by atoms with Gasteiger partial charge in [0.25, 0.3) is 0 Å². The molecule has 2 aromatic carbocycles. The molecule has 1 heterocycles. The number of alkyl halides is 3. The van der Waals surface area contributed by atoms with Crippen LogP contribution in [0.15, 0.2) is 48.7 Å². The van der Waals surface area contributed by atoms with E-state index in [1.807, 2.05) is 0 Å². The van der Waals surface area contributed by atoms with Crippen molar-refractivity contribution in [2.75, 3.05) is 6.61 Å². The molecule has 1 unspecified atom stereocenters. The lowest BCUT2D eigenvalue weighted by Crippen LogP contribution is -2.28. The van der Waals surface area contributed by atoms with E-state index in [1.165, 1.54) is 24.4 Å². The van der Waals surface area contributed by atoms with Gasteiger partial charge in [-0.3, -0.25) is 4.57 Å². The number of hydrogen-bond donors (Lipinski definition) is 0. The summed E-state index contributed by atoms with van der Waals surface area (Å²) < 4.78 is 66.1. The van der Waals surface area contributed by atoms with Gasteiger partial charge in [-0.2, -0.15) is 13.2 Å². The minimum atomic E-state index is -4.69. The van der Waals surface area contributed by atoms with Crippen molar-refractivity contribution in [3.05, 3.63) is 75.7 Å². The fraction of sp³-hybridized carbons (Fsp3) is 0.280. The number of allylic oxidation sites excluding steroid dienone is 1. The lowest BCUT2D eigenvalue weighted by atomic mass is 9.97. The summed E-state index contributed by atoms with van der Waals surface area (Å²) in [4.78, 5) is 24.1. The number of fused-ring (bicyclic) bond motifs is 1. The number of halogens is 6. The van der Waals surface area contributed by atoms with Crippen molar-refractivity contribution in [3.63, 3.8) is 0 Å². The van der Waals surface area contributed by atoms with Gasteiger partial charge in [0.2, 0.25) is 0 Å². The first-order valence-corrected chi connectivity index (χ1v) is 11.3. The molecule has 0 aliphatic heterocycles. The van der Waals surface area contributed by atoms with Gasteiger partial charge in [0.1, 0.15) is 5.60 Å². The summed E-state index contributed by atoms with van der Waals surface area (Å²) in [6.45, 7) is 4.46. The summed E-state index contributed by atoms with van der Waals surface area (Å²) in [6.07, 6.45) is -1.93. The number of benzene rings is 2. The van der Waals surface area contributed by atoms with E-state index in [-0.39, 0.29) is 5.56 Å². The Balaban J connectivity index is 1.80. The molecule has 0 radical (unpaired) electrons. The van der Waals surface area contributed by atoms with Crippen LogP contribution in [0.25, 0.3) is 17.0 Å². The third-order valence-electron chi connectivity index (χ3n) is 4.84. The highest BCUT2D eigenvalue weighted by atomic mass is 35.5. The fourth-order valence-electron chi connectivity index (χ4n) is 3.36. The van der Waals surface area contributed by atoms with Crippen molar-refractivity contribution < 1.29 is 36.6 Å². The lowest BCUT2D eigenvalue weighted by Gasteiger charge is -2.19. The van der Waals surface area contributed by atoms with Crippen LogP contribution in [0.2, 0.25) is 10.0 Å². The molecule has 3 aromatic rings. The smallest absolute Gasteiger partial charge is 0.419 e. The maximum Gasteiger partial charge on any atom is 0.419 e. The van der Waals surface area contributed by atoms with Gasteiger partial charge < -0.3 is 9.47 Å². The van der Waals surface area contributed by atoms with Crippen molar-refractivity contribution >= 4 is 52.2 Å². The molecule has 3 rings (SSSR count). The predicted molar refractivity (Wildman–Crippen MR) is 129 cm³/mol. The molecular formula is C25H21Cl2F4NO4. The van der Waals surface area contributed by atoms with E-state index in [2.05, 4.69) is 0 Å². The first-order valence-electron chi connectivity index (χ1n) is 10.5. The quantitative estimate of drug-likeness (QED) is 0.186. The van der Waals surface area contributed by atoms with Crippen LogP contribution in [0, 0.1) is 5.82 Å². The fourth-order valence-corrected chi connectivity index (χ4v) is 3.86. The van der Waals surface area contributed by atoms with Gasteiger partial charge in [-0.1, -0.05) is 41.4 Å². The van der Waals surface area contributed by atoms with Crippen LogP contribution in [0.4, 0.5) is 22.4 Å². The summed E-state index contributed by atoms with van der Waals surface area (Å²) >= 11 is 11.3. The maximum absolute atomic E-state index is 13.7. The van der Waals surface area contributed by atoms with Crippen LogP contribution in [0.5, 0.6) is 0 Å². The SMILES string of the molecule is CC(C)(C)OC(=O)COC(=O)n1ccc2cc(/C=C/C(c3cc(Cl)c(F)c(Cl)c3)C(F)(F)F)ccc21. The molecule has 1 aromatic heterocycles. The third-order valence-corrected chi connectivity index (χ3v) is 5.39. The number of aromatic nitrogens is 1. The van der Waals surface area contributed by atoms with Crippen molar-refractivity contribution in [2.24, 2.45) is 0 Å². The van der Waals surface area contributed by atoms with Crippen LogP contribution in [-0.2, 0) is 14.3 Å². The van der Waals surface area contributed by atoms with Gasteiger partial charge in [-0.05, 0) is 62.2 Å². The van der Waals surface area contributed by atoms with E-state index >= 15 is 0 Å². The molecular weight excluding hydrogens is 525 g/mol. The molecule has 1 atom stereocenters. The zero-order chi connectivity index (χ0) is 26.8. The van der Waals surface area contributed by atoms with E-state index < -0.39 is 52.2 Å². The maximum atomic E-state index is 13.7. The highest BCUT2D eigenvalue weighted by molar-refractivity contribution is 6.35. The van der Waals surface area contributed by atoms with Gasteiger partial charge in [0, 0.05) is 11.6 Å². The molecule has 0 aliphatic carbocycles. The second-order valence-corrected chi connectivity index (χ2v) is 9.64. The summed E-state index contributed by atoms with van der Waals surface area (Å²) in [6, 6.07) is 7.95. The number of hydrogen-bond acceptors (Lipinski definition) is 4. The molecule has 0 bridgehead atoms. The zero-order valence-electron chi connectivity index (χ0n) is 19.3. The highest BCUT2D eigenvalue weighted by Crippen LogP contribution is 2.39. The second-order valence-electron chi connectivity index (χ2n) is 8.82. The molecule has 36 heavy (non-hydrogen) atoms. The molecule has 0 N–H and O–H groups in total. The monoisotopic (exact) mass is 545 g/mol. The van der Waals surface area contributed by atoms with Crippen molar-refractivity contribution in [1.29, 1.82) is 0 Å². The Morgan fingerprint density at radius 1 is 1.06 bits per heavy atom. The lowest BCUT2D eigenvalue weighted by molar-refractivity contribution is -0.158. The molecule has 0 saturated carbocycles. The van der Waals surface area contributed by atoms with E-state index in [9.17, 15) is 27.2 Å². The average molecular weight is 546 g/mol. The third kappa shape index (κ3) is 6.79. The Hall–Kier alpha value is -3.04. The standard InChI is InChI=1S/C25H21Cl2F4NO4/c1-24(2,3)36-21(33)13-35-23(34)32-9-8-15-10-14(5-7-20(15)32)4-6-17(25(29,30)31)16-11-18(26)22(28)19(27)12-16/h4-12,17H,13H2,1-3H3/b6-4+. The Bertz CT molecular complexity index is 1300. The summed E-state index contributed by atoms with van der Waals surface area (Å²) in [5.41, 5.74) is -0.203. The van der Waals surface area contributed by atoms with Crippen molar-refractivity contribution in [3.8, 4) is 0 Å². The largest absolute Gasteiger partial charge is 0.457 e. The van der Waals surface area contributed by atoms with E-state index in [4.69, 9.17) is 32.7 Å². The summed E-state index contributed by atoms with van der Waals surface area (Å²) in [5.74, 6) is -3.79. The topological polar surface area (TPSA) is 57.5 Å². The summed E-state index contributed by atoms with van der Waals surface area (Å²) in [7, 11) is 0. The number of carbonyl (C=O) groups excluding carboxylic acids is 2. The number of ether oxygens (including phenoxy) is 2. The molecule has 0 fully saturated rings. The highest BCUT2D eigenvalue weighted by Gasteiger charge is 2.39. The number of esters is 1. The van der Waals surface area contributed by atoms with Crippen molar-refractivity contribution in [1.82, 2.24) is 4.57 Å². The number of carbonyl (C=O) groups is 2. The minimum Gasteiger partial charge on any atom is -0.457 e. The van der Waals surface area contributed by atoms with Gasteiger partial charge in [0.15, 0.2) is 12.4 Å². The van der Waals surface area contributed by atoms with Crippen LogP contribution in [0.3, 0.4) is 0 Å². The van der Waals surface area contributed by atoms with Gasteiger partial charge in [0.05, 0.1) is 21.5 Å². The van der Waals surface area contributed by atoms with E-state index in [0.717, 1.165) is 22.8 Å². The Morgan fingerprint density at radius 2 is 1.69 bits per heavy atom. The molecule has 11 heteroatoms.